The molecular formula is C16H17NO4. The largest absolute Gasteiger partial charge is 0.493 e. The smallest absolute Gasteiger partial charge is 0.328 e. The summed E-state index contributed by atoms with van der Waals surface area (Å²) in [5.74, 6) is 0.0453. The number of methoxy groups -OCH3 is 1. The summed E-state index contributed by atoms with van der Waals surface area (Å²) in [5, 5.41) is 17.6. The quantitative estimate of drug-likeness (QED) is 0.780. The Bertz CT molecular complexity index is 597. The van der Waals surface area contributed by atoms with E-state index in [0.717, 1.165) is 18.9 Å². The van der Waals surface area contributed by atoms with Crippen molar-refractivity contribution in [1.82, 2.24) is 0 Å². The molecule has 0 aromatic heterocycles. The van der Waals surface area contributed by atoms with Crippen LogP contribution in [0.1, 0.15) is 24.8 Å². The number of benzene rings is 1. The third kappa shape index (κ3) is 3.76. The van der Waals surface area contributed by atoms with E-state index in [1.807, 2.05) is 0 Å². The number of carboxylic acids is 1. The number of nitriles is 1. The summed E-state index contributed by atoms with van der Waals surface area (Å²) < 4.78 is 11.1. The summed E-state index contributed by atoms with van der Waals surface area (Å²) in [4.78, 5) is 10.7. The number of hydrogen-bond acceptors (Lipinski definition) is 4. The molecule has 1 aliphatic rings. The number of para-hydroxylation sites is 1. The van der Waals surface area contributed by atoms with Crippen molar-refractivity contribution in [3.8, 4) is 17.6 Å². The number of ether oxygens (including phenoxy) is 2. The van der Waals surface area contributed by atoms with E-state index >= 15 is 0 Å². The van der Waals surface area contributed by atoms with Crippen LogP contribution >= 0.6 is 0 Å². The van der Waals surface area contributed by atoms with Crippen LogP contribution in [0.25, 0.3) is 6.08 Å². The lowest BCUT2D eigenvalue weighted by molar-refractivity contribution is -0.131. The fourth-order valence-electron chi connectivity index (χ4n) is 2.08. The highest BCUT2D eigenvalue weighted by Crippen LogP contribution is 2.49. The molecule has 1 N–H and O–H groups in total. The Morgan fingerprint density at radius 2 is 2.29 bits per heavy atom. The van der Waals surface area contributed by atoms with Gasteiger partial charge in [-0.15, -0.1) is 0 Å². The van der Waals surface area contributed by atoms with Gasteiger partial charge in [0, 0.05) is 23.5 Å². The van der Waals surface area contributed by atoms with Crippen LogP contribution in [0, 0.1) is 16.7 Å². The Balaban J connectivity index is 2.19. The molecule has 110 valence electrons. The fraction of sp³-hybridized carbons (Fsp3) is 0.375. The molecule has 1 saturated carbocycles. The number of carbonyl (C=O) groups is 1. The van der Waals surface area contributed by atoms with Gasteiger partial charge in [0.15, 0.2) is 11.5 Å². The SMILES string of the molecule is COc1cccc(C=CC(=O)O)c1OCC1(CC#N)CC1. The molecule has 0 atom stereocenters. The molecule has 1 aliphatic carbocycles. The molecule has 0 amide bonds. The van der Waals surface area contributed by atoms with Crippen LogP contribution in [0.4, 0.5) is 0 Å². The minimum atomic E-state index is -1.02. The minimum Gasteiger partial charge on any atom is -0.493 e. The van der Waals surface area contributed by atoms with Crippen molar-refractivity contribution >= 4 is 12.0 Å². The highest BCUT2D eigenvalue weighted by atomic mass is 16.5. The van der Waals surface area contributed by atoms with Crippen LogP contribution in [0.2, 0.25) is 0 Å². The van der Waals surface area contributed by atoms with Crippen LogP contribution in [0.3, 0.4) is 0 Å². The van der Waals surface area contributed by atoms with Crippen molar-refractivity contribution < 1.29 is 19.4 Å². The molecule has 2 rings (SSSR count). The molecular weight excluding hydrogens is 270 g/mol. The van der Waals surface area contributed by atoms with E-state index in [-0.39, 0.29) is 5.41 Å². The van der Waals surface area contributed by atoms with Gasteiger partial charge in [-0.2, -0.15) is 5.26 Å². The summed E-state index contributed by atoms with van der Waals surface area (Å²) in [5.41, 5.74) is 0.591. The van der Waals surface area contributed by atoms with Gasteiger partial charge in [0.05, 0.1) is 19.8 Å². The number of nitrogens with zero attached hydrogens (tertiary/aromatic N) is 1. The lowest BCUT2D eigenvalue weighted by atomic mass is 10.1. The van der Waals surface area contributed by atoms with Gasteiger partial charge in [0.25, 0.3) is 0 Å². The molecule has 1 aromatic rings. The van der Waals surface area contributed by atoms with Crippen molar-refractivity contribution in [2.24, 2.45) is 5.41 Å². The Morgan fingerprint density at radius 3 is 2.86 bits per heavy atom. The van der Waals surface area contributed by atoms with Crippen LogP contribution in [0.15, 0.2) is 24.3 Å². The molecule has 21 heavy (non-hydrogen) atoms. The molecule has 1 fully saturated rings. The fourth-order valence-corrected chi connectivity index (χ4v) is 2.08. The molecule has 5 heteroatoms. The summed E-state index contributed by atoms with van der Waals surface area (Å²) >= 11 is 0. The molecule has 0 heterocycles. The Labute approximate surface area is 123 Å². The zero-order valence-electron chi connectivity index (χ0n) is 11.8. The molecule has 0 radical (unpaired) electrons. The predicted octanol–water partition coefficient (Wildman–Crippen LogP) is 2.87. The second-order valence-corrected chi connectivity index (χ2v) is 5.17. The van der Waals surface area contributed by atoms with E-state index < -0.39 is 5.97 Å². The van der Waals surface area contributed by atoms with E-state index in [9.17, 15) is 4.79 Å². The summed E-state index contributed by atoms with van der Waals surface area (Å²) in [6, 6.07) is 7.49. The number of carboxylic acid groups (broad SMARTS) is 1. The average Bonchev–Trinajstić information content (AvgIpc) is 3.23. The van der Waals surface area contributed by atoms with E-state index in [2.05, 4.69) is 6.07 Å². The molecule has 0 aliphatic heterocycles. The lowest BCUT2D eigenvalue weighted by Gasteiger charge is -2.17. The highest BCUT2D eigenvalue weighted by molar-refractivity contribution is 5.86. The predicted molar refractivity (Wildman–Crippen MR) is 77.1 cm³/mol. The zero-order valence-corrected chi connectivity index (χ0v) is 11.8. The Morgan fingerprint density at radius 1 is 1.52 bits per heavy atom. The number of rotatable bonds is 7. The first-order valence-electron chi connectivity index (χ1n) is 6.68. The molecule has 0 saturated heterocycles. The Kier molecular flexibility index (Phi) is 4.49. The van der Waals surface area contributed by atoms with Crippen LogP contribution in [0.5, 0.6) is 11.5 Å². The normalized spacial score (nSPS) is 15.4. The minimum absolute atomic E-state index is 0.0522. The van der Waals surface area contributed by atoms with Gasteiger partial charge < -0.3 is 14.6 Å². The topological polar surface area (TPSA) is 79.6 Å². The van der Waals surface area contributed by atoms with Crippen LogP contribution < -0.4 is 9.47 Å². The highest BCUT2D eigenvalue weighted by Gasteiger charge is 2.43. The zero-order chi connectivity index (χ0) is 15.3. The van der Waals surface area contributed by atoms with Crippen molar-refractivity contribution in [2.75, 3.05) is 13.7 Å². The maximum Gasteiger partial charge on any atom is 0.328 e. The monoisotopic (exact) mass is 287 g/mol. The van der Waals surface area contributed by atoms with E-state index in [1.54, 1.807) is 18.2 Å². The third-order valence-electron chi connectivity index (χ3n) is 3.57. The average molecular weight is 287 g/mol. The summed E-state index contributed by atoms with van der Waals surface area (Å²) in [7, 11) is 1.54. The number of hydrogen-bond donors (Lipinski definition) is 1. The van der Waals surface area contributed by atoms with Gasteiger partial charge in [0.1, 0.15) is 0 Å². The van der Waals surface area contributed by atoms with Crippen LogP contribution in [-0.4, -0.2) is 24.8 Å². The van der Waals surface area contributed by atoms with E-state index in [0.29, 0.717) is 30.1 Å². The third-order valence-corrected chi connectivity index (χ3v) is 3.57. The van der Waals surface area contributed by atoms with Crippen molar-refractivity contribution in [3.63, 3.8) is 0 Å². The van der Waals surface area contributed by atoms with Crippen LogP contribution in [-0.2, 0) is 4.79 Å². The number of aliphatic carboxylic acids is 1. The standard InChI is InChI=1S/C16H17NO4/c1-20-13-4-2-3-12(5-6-14(18)19)15(13)21-11-16(7-8-16)9-10-17/h2-6H,7-9,11H2,1H3,(H,18,19). The Hall–Kier alpha value is -2.48. The van der Waals surface area contributed by atoms with Crippen molar-refractivity contribution in [2.45, 2.75) is 19.3 Å². The maximum atomic E-state index is 10.7. The first kappa shape index (κ1) is 14.9. The molecule has 1 aromatic carbocycles. The van der Waals surface area contributed by atoms with Gasteiger partial charge in [-0.3, -0.25) is 0 Å². The summed E-state index contributed by atoms with van der Waals surface area (Å²) in [6.45, 7) is 0.439. The first-order valence-corrected chi connectivity index (χ1v) is 6.68. The maximum absolute atomic E-state index is 10.7. The van der Waals surface area contributed by atoms with Gasteiger partial charge in [-0.05, 0) is 25.0 Å². The van der Waals surface area contributed by atoms with Gasteiger partial charge in [-0.1, -0.05) is 12.1 Å². The van der Waals surface area contributed by atoms with Gasteiger partial charge in [-0.25, -0.2) is 4.79 Å². The van der Waals surface area contributed by atoms with Gasteiger partial charge >= 0.3 is 5.97 Å². The molecule has 5 nitrogen and oxygen atoms in total. The summed E-state index contributed by atoms with van der Waals surface area (Å²) in [6.07, 6.45) is 4.97. The molecule has 0 bridgehead atoms. The van der Waals surface area contributed by atoms with E-state index in [1.165, 1.54) is 13.2 Å². The molecule has 0 unspecified atom stereocenters. The lowest BCUT2D eigenvalue weighted by Crippen LogP contribution is -2.13. The van der Waals surface area contributed by atoms with Crippen molar-refractivity contribution in [1.29, 1.82) is 5.26 Å². The van der Waals surface area contributed by atoms with E-state index in [4.69, 9.17) is 19.8 Å². The second kappa shape index (κ2) is 6.31. The second-order valence-electron chi connectivity index (χ2n) is 5.17. The first-order chi connectivity index (χ1) is 10.1. The van der Waals surface area contributed by atoms with Crippen molar-refractivity contribution in [3.05, 3.63) is 29.8 Å². The van der Waals surface area contributed by atoms with Gasteiger partial charge in [0.2, 0.25) is 0 Å². The molecule has 0 spiro atoms.